The summed E-state index contributed by atoms with van der Waals surface area (Å²) in [5.74, 6) is -9.21. The molecule has 0 saturated carbocycles. The fourth-order valence-electron chi connectivity index (χ4n) is 8.41. The van der Waals surface area contributed by atoms with Crippen molar-refractivity contribution in [2.75, 3.05) is 13.2 Å². The molecule has 9 aromatic rings. The summed E-state index contributed by atoms with van der Waals surface area (Å²) in [5, 5.41) is 39.8. The van der Waals surface area contributed by atoms with Crippen LogP contribution in [-0.4, -0.2) is 75.8 Å². The molecule has 16 nitrogen and oxygen atoms in total. The fourth-order valence-corrected chi connectivity index (χ4v) is 8.41. The van der Waals surface area contributed by atoms with Gasteiger partial charge >= 0.3 is 17.9 Å². The number of aliphatic carboxylic acids is 1. The Balaban J connectivity index is 0.000000191. The minimum atomic E-state index is -1.03. The lowest BCUT2D eigenvalue weighted by atomic mass is 10.1. The first-order valence-electron chi connectivity index (χ1n) is 27.1. The zero-order valence-corrected chi connectivity index (χ0v) is 47.8. The van der Waals surface area contributed by atoms with Gasteiger partial charge in [0.05, 0.1) is 71.0 Å². The molecule has 0 saturated heterocycles. The Morgan fingerprint density at radius 1 is 0.453 bits per heavy atom. The molecule has 0 aliphatic heterocycles. The number of carbonyl (C=O) groups excluding carboxylic acids is 2. The van der Waals surface area contributed by atoms with Crippen LogP contribution < -0.4 is 9.47 Å². The predicted molar refractivity (Wildman–Crippen MR) is 306 cm³/mol. The Bertz CT molecular complexity index is 3600. The molecule has 0 fully saturated rings. The highest BCUT2D eigenvalue weighted by Crippen LogP contribution is 2.28. The third kappa shape index (κ3) is 19.4. The summed E-state index contributed by atoms with van der Waals surface area (Å²) in [6, 6.07) is 40.6. The molecule has 0 atom stereocenters. The van der Waals surface area contributed by atoms with Crippen LogP contribution in [-0.2, 0) is 62.9 Å². The highest BCUT2D eigenvalue weighted by Gasteiger charge is 2.19. The smallest absolute Gasteiger partial charge is 0.306 e. The Morgan fingerprint density at radius 3 is 1.07 bits per heavy atom. The average Bonchev–Trinajstić information content (AvgIpc) is 2.73. The number of carboxylic acids is 1. The summed E-state index contributed by atoms with van der Waals surface area (Å²) < 4.78 is 109. The number of carbonyl (C=O) groups is 3. The molecular weight excluding hydrogens is 1130 g/mol. The number of benzene rings is 6. The van der Waals surface area contributed by atoms with E-state index in [0.717, 1.165) is 64.1 Å². The number of hydrogen-bond acceptors (Lipinski definition) is 12. The monoisotopic (exact) mass is 1190 g/mol. The van der Waals surface area contributed by atoms with E-state index in [1.54, 1.807) is 40.0 Å². The number of nitrogens with zero attached hydrogens (tertiary/aromatic N) is 6. The molecule has 0 aliphatic rings. The first kappa shape index (κ1) is 65.5. The van der Waals surface area contributed by atoms with Crippen LogP contribution in [0, 0.1) is 55.7 Å². The van der Waals surface area contributed by atoms with Gasteiger partial charge < -0.3 is 34.3 Å². The number of para-hydroxylation sites is 3. The highest BCUT2D eigenvalue weighted by atomic mass is 19.2. The van der Waals surface area contributed by atoms with E-state index in [1.165, 1.54) is 12.1 Å². The Hall–Kier alpha value is -9.70. The second-order valence-corrected chi connectivity index (χ2v) is 19.0. The number of rotatable bonds is 21. The zero-order chi connectivity index (χ0) is 62.3. The summed E-state index contributed by atoms with van der Waals surface area (Å²) in [7, 11) is 0. The van der Waals surface area contributed by atoms with Crippen molar-refractivity contribution >= 4 is 17.9 Å². The van der Waals surface area contributed by atoms with E-state index in [9.17, 15) is 40.7 Å². The number of carboxylic acid groups (broad SMARTS) is 1. The molecule has 0 unspecified atom stereocenters. The SMILES string of the molecule is CCOC(=O)CCc1cc(F)c(O)c(F)c1.CCOC(=O)CCc1cc(F)c(OCc2cc(C)nn2-c2ccccc2)c(F)c1.Cc1cc(CO)n(-c2ccccc2)n1.Cc1cc(COc2c(F)cc(CCC(=O)O)cc2F)n(-c2ccccc2)n1. The Labute approximate surface area is 492 Å². The number of ether oxygens (including phenoxy) is 4. The molecule has 22 heteroatoms. The van der Waals surface area contributed by atoms with Crippen LogP contribution >= 0.6 is 0 Å². The van der Waals surface area contributed by atoms with Crippen molar-refractivity contribution in [3.8, 4) is 34.3 Å². The lowest BCUT2D eigenvalue weighted by molar-refractivity contribution is -0.144. The van der Waals surface area contributed by atoms with Gasteiger partial charge in [-0.1, -0.05) is 54.6 Å². The van der Waals surface area contributed by atoms with E-state index < -0.39 is 70.1 Å². The van der Waals surface area contributed by atoms with Gasteiger partial charge in [-0.25, -0.2) is 40.4 Å². The van der Waals surface area contributed by atoms with Gasteiger partial charge in [-0.3, -0.25) is 14.4 Å². The third-order valence-electron chi connectivity index (χ3n) is 12.3. The van der Waals surface area contributed by atoms with Gasteiger partial charge in [0.15, 0.2) is 52.2 Å². The average molecular weight is 1190 g/mol. The third-order valence-corrected chi connectivity index (χ3v) is 12.3. The number of aromatic nitrogens is 6. The number of aliphatic hydroxyl groups is 1. The van der Waals surface area contributed by atoms with Crippen LogP contribution in [0.2, 0.25) is 0 Å². The second kappa shape index (κ2) is 32.4. The highest BCUT2D eigenvalue weighted by molar-refractivity contribution is 5.70. The molecule has 0 aliphatic carbocycles. The zero-order valence-electron chi connectivity index (χ0n) is 47.8. The van der Waals surface area contributed by atoms with Crippen LogP contribution in [0.4, 0.5) is 26.3 Å². The largest absolute Gasteiger partial charge is 0.503 e. The molecule has 0 amide bonds. The number of phenolic OH excluding ortho intramolecular Hbond substituents is 1. The van der Waals surface area contributed by atoms with Gasteiger partial charge in [0.2, 0.25) is 0 Å². The van der Waals surface area contributed by atoms with E-state index in [1.807, 2.05) is 118 Å². The molecule has 3 N–H and O–H groups in total. The first-order chi connectivity index (χ1) is 41.3. The van der Waals surface area contributed by atoms with Crippen LogP contribution in [0.25, 0.3) is 17.1 Å². The summed E-state index contributed by atoms with van der Waals surface area (Å²) >= 11 is 0. The molecule has 3 heterocycles. The van der Waals surface area contributed by atoms with Crippen molar-refractivity contribution in [3.05, 3.63) is 231 Å². The van der Waals surface area contributed by atoms with Gasteiger partial charge in [-0.2, -0.15) is 15.3 Å². The number of halogens is 6. The van der Waals surface area contributed by atoms with Gasteiger partial charge in [-0.15, -0.1) is 0 Å². The van der Waals surface area contributed by atoms with Gasteiger partial charge in [0.25, 0.3) is 0 Å². The Kier molecular flexibility index (Phi) is 24.6. The molecule has 0 spiro atoms. The lowest BCUT2D eigenvalue weighted by Crippen LogP contribution is -2.08. The van der Waals surface area contributed by atoms with E-state index in [0.29, 0.717) is 22.5 Å². The molecule has 0 radical (unpaired) electrons. The van der Waals surface area contributed by atoms with Gasteiger partial charge in [0.1, 0.15) is 13.2 Å². The predicted octanol–water partition coefficient (Wildman–Crippen LogP) is 12.4. The van der Waals surface area contributed by atoms with Crippen LogP contribution in [0.1, 0.15) is 84.0 Å². The maximum atomic E-state index is 14.4. The number of phenols is 1. The van der Waals surface area contributed by atoms with E-state index in [-0.39, 0.29) is 77.1 Å². The Morgan fingerprint density at radius 2 is 0.756 bits per heavy atom. The molecule has 9 rings (SSSR count). The minimum Gasteiger partial charge on any atom is -0.503 e. The second-order valence-electron chi connectivity index (χ2n) is 19.0. The molecule has 452 valence electrons. The van der Waals surface area contributed by atoms with Crippen molar-refractivity contribution in [3.63, 3.8) is 0 Å². The molecule has 3 aromatic heterocycles. The summed E-state index contributed by atoms with van der Waals surface area (Å²) in [5.41, 5.74) is 8.12. The van der Waals surface area contributed by atoms with Crippen molar-refractivity contribution < 1.29 is 75.0 Å². The first-order valence-corrected chi connectivity index (χ1v) is 27.1. The van der Waals surface area contributed by atoms with E-state index in [4.69, 9.17) is 29.5 Å². The minimum absolute atomic E-state index is 0.00966. The maximum absolute atomic E-state index is 14.4. The molecule has 6 aromatic carbocycles. The summed E-state index contributed by atoms with van der Waals surface area (Å²) in [6.07, 6.45) is 0.317. The normalized spacial score (nSPS) is 10.6. The van der Waals surface area contributed by atoms with Crippen molar-refractivity contribution in [2.45, 2.75) is 93.0 Å². The standard InChI is InChI=1S/C22H22F2N2O3.C20H18F2N2O3.C11H12F2O3.C11H12N2O/c1-3-28-21(27)10-9-16-12-19(23)22(20(24)13-16)29-14-18-11-15(2)25-26(18)17-7-5-4-6-8-17;1-13-9-16(24(23-13)15-5-3-2-4-6-15)12-27-20-17(21)10-14(11-18(20)22)7-8-19(25)26;1-2-16-10(14)4-3-7-5-8(12)11(15)9(13)6-7;1-9-7-11(8-14)13(12-9)10-5-3-2-4-6-10/h4-8,11-13H,3,9-10,14H2,1-2H3;2-6,9-11H,7-8,12H2,1H3,(H,25,26);5-6,15H,2-4H2,1H3;2-7,14H,8H2,1H3. The van der Waals surface area contributed by atoms with Crippen LogP contribution in [0.3, 0.4) is 0 Å². The number of esters is 2. The fraction of sp³-hybridized carbons (Fsp3) is 0.250. The topological polar surface area (TPSA) is 202 Å². The quantitative estimate of drug-likeness (QED) is 0.0453. The van der Waals surface area contributed by atoms with Crippen molar-refractivity contribution in [2.24, 2.45) is 0 Å². The number of hydrogen-bond donors (Lipinski definition) is 3. The lowest BCUT2D eigenvalue weighted by Gasteiger charge is -2.12. The number of aromatic hydroxyl groups is 1. The maximum Gasteiger partial charge on any atom is 0.306 e. The van der Waals surface area contributed by atoms with Crippen LogP contribution in [0.15, 0.2) is 146 Å². The number of aliphatic hydroxyl groups excluding tert-OH is 1. The van der Waals surface area contributed by atoms with Gasteiger partial charge in [-0.05, 0) is 162 Å². The number of aryl methyl sites for hydroxylation is 6. The molecule has 86 heavy (non-hydrogen) atoms. The summed E-state index contributed by atoms with van der Waals surface area (Å²) in [6.45, 7) is 9.39. The molecular formula is C64H64F6N6O10. The van der Waals surface area contributed by atoms with E-state index in [2.05, 4.69) is 20.0 Å². The van der Waals surface area contributed by atoms with Gasteiger partial charge in [0, 0.05) is 19.3 Å². The van der Waals surface area contributed by atoms with Crippen LogP contribution in [0.5, 0.6) is 17.2 Å². The van der Waals surface area contributed by atoms with E-state index >= 15 is 0 Å². The van der Waals surface area contributed by atoms with Crippen molar-refractivity contribution in [1.29, 1.82) is 0 Å². The summed E-state index contributed by atoms with van der Waals surface area (Å²) in [4.78, 5) is 33.0. The van der Waals surface area contributed by atoms with Crippen molar-refractivity contribution in [1.82, 2.24) is 29.3 Å². The molecule has 0 bridgehead atoms.